The molecule has 18 heavy (non-hydrogen) atoms. The number of nitrogens with one attached hydrogen (secondary N) is 1. The molecule has 0 aromatic carbocycles. The zero-order valence-electron chi connectivity index (χ0n) is 13.0. The molecule has 0 aromatic rings. The molecule has 3 heteroatoms. The van der Waals surface area contributed by atoms with E-state index in [0.29, 0.717) is 6.04 Å². The number of nitrogens with zero attached hydrogens (tertiary/aromatic N) is 1. The smallest absolute Gasteiger partial charge is 0.0422 e. The maximum absolute atomic E-state index is 5.94. The second kappa shape index (κ2) is 6.88. The molecule has 1 aliphatic rings. The molecule has 1 rings (SSSR count). The second-order valence-electron chi connectivity index (χ2n) is 6.37. The SMILES string of the molecule is CCC(CC)(C(NN)C1CCC(C)CC1)N(C)C. The van der Waals surface area contributed by atoms with E-state index in [9.17, 15) is 0 Å². The first-order valence-electron chi connectivity index (χ1n) is 7.65. The normalized spacial score (nSPS) is 27.5. The van der Waals surface area contributed by atoms with Crippen LogP contribution in [-0.2, 0) is 0 Å². The minimum absolute atomic E-state index is 0.194. The van der Waals surface area contributed by atoms with Gasteiger partial charge in [0.25, 0.3) is 0 Å². The Morgan fingerprint density at radius 1 is 1.17 bits per heavy atom. The highest BCUT2D eigenvalue weighted by molar-refractivity contribution is 5.00. The lowest BCUT2D eigenvalue weighted by atomic mass is 9.70. The van der Waals surface area contributed by atoms with Gasteiger partial charge in [0.15, 0.2) is 0 Å². The summed E-state index contributed by atoms with van der Waals surface area (Å²) in [7, 11) is 4.39. The second-order valence-corrected chi connectivity index (χ2v) is 6.37. The molecule has 0 radical (unpaired) electrons. The van der Waals surface area contributed by atoms with Crippen LogP contribution < -0.4 is 11.3 Å². The van der Waals surface area contributed by atoms with Gasteiger partial charge in [0.1, 0.15) is 0 Å². The molecule has 0 amide bonds. The van der Waals surface area contributed by atoms with E-state index in [1.54, 1.807) is 0 Å². The van der Waals surface area contributed by atoms with Gasteiger partial charge in [-0.05, 0) is 51.6 Å². The minimum atomic E-state index is 0.194. The fourth-order valence-electron chi connectivity index (χ4n) is 3.95. The number of rotatable bonds is 6. The fourth-order valence-corrected chi connectivity index (χ4v) is 3.95. The molecular formula is C15H33N3. The van der Waals surface area contributed by atoms with Crippen molar-refractivity contribution in [1.82, 2.24) is 10.3 Å². The van der Waals surface area contributed by atoms with Gasteiger partial charge in [0.2, 0.25) is 0 Å². The van der Waals surface area contributed by atoms with Gasteiger partial charge in [-0.3, -0.25) is 11.3 Å². The van der Waals surface area contributed by atoms with E-state index in [-0.39, 0.29) is 5.54 Å². The van der Waals surface area contributed by atoms with Crippen molar-refractivity contribution in [2.75, 3.05) is 14.1 Å². The van der Waals surface area contributed by atoms with Crippen LogP contribution in [-0.4, -0.2) is 30.6 Å². The average molecular weight is 255 g/mol. The topological polar surface area (TPSA) is 41.3 Å². The van der Waals surface area contributed by atoms with Crippen molar-refractivity contribution in [3.8, 4) is 0 Å². The van der Waals surface area contributed by atoms with E-state index in [4.69, 9.17) is 5.84 Å². The van der Waals surface area contributed by atoms with E-state index in [0.717, 1.165) is 24.7 Å². The zero-order chi connectivity index (χ0) is 13.8. The monoisotopic (exact) mass is 255 g/mol. The highest BCUT2D eigenvalue weighted by atomic mass is 15.3. The van der Waals surface area contributed by atoms with Gasteiger partial charge in [0.05, 0.1) is 0 Å². The van der Waals surface area contributed by atoms with Crippen LogP contribution in [0, 0.1) is 11.8 Å². The fraction of sp³-hybridized carbons (Fsp3) is 1.00. The Labute approximate surface area is 113 Å². The van der Waals surface area contributed by atoms with Crippen LogP contribution in [0.25, 0.3) is 0 Å². The number of hydrogen-bond acceptors (Lipinski definition) is 3. The van der Waals surface area contributed by atoms with Gasteiger partial charge in [-0.2, -0.15) is 0 Å². The molecule has 0 spiro atoms. The first-order chi connectivity index (χ1) is 8.51. The van der Waals surface area contributed by atoms with E-state index < -0.39 is 0 Å². The van der Waals surface area contributed by atoms with Crippen LogP contribution in [0.4, 0.5) is 0 Å². The number of nitrogens with two attached hydrogens (primary N) is 1. The molecule has 0 heterocycles. The molecule has 108 valence electrons. The molecule has 1 aliphatic carbocycles. The van der Waals surface area contributed by atoms with Crippen LogP contribution >= 0.6 is 0 Å². The minimum Gasteiger partial charge on any atom is -0.302 e. The lowest BCUT2D eigenvalue weighted by Gasteiger charge is -2.49. The molecule has 3 nitrogen and oxygen atoms in total. The van der Waals surface area contributed by atoms with Crippen molar-refractivity contribution < 1.29 is 0 Å². The molecule has 0 bridgehead atoms. The average Bonchev–Trinajstić information content (AvgIpc) is 2.37. The van der Waals surface area contributed by atoms with E-state index >= 15 is 0 Å². The molecule has 1 atom stereocenters. The summed E-state index contributed by atoms with van der Waals surface area (Å²) < 4.78 is 0. The largest absolute Gasteiger partial charge is 0.302 e. The van der Waals surface area contributed by atoms with Crippen molar-refractivity contribution in [2.45, 2.75) is 70.9 Å². The number of hydrogen-bond donors (Lipinski definition) is 2. The summed E-state index contributed by atoms with van der Waals surface area (Å²) in [6.07, 6.45) is 7.67. The summed E-state index contributed by atoms with van der Waals surface area (Å²) in [5.74, 6) is 7.57. The maximum Gasteiger partial charge on any atom is 0.0422 e. The van der Waals surface area contributed by atoms with Crippen LogP contribution in [0.15, 0.2) is 0 Å². The van der Waals surface area contributed by atoms with Crippen molar-refractivity contribution >= 4 is 0 Å². The molecule has 0 aromatic heterocycles. The molecule has 1 saturated carbocycles. The van der Waals surface area contributed by atoms with Gasteiger partial charge in [-0.1, -0.05) is 33.6 Å². The van der Waals surface area contributed by atoms with E-state index in [1.807, 2.05) is 0 Å². The lowest BCUT2D eigenvalue weighted by Crippen LogP contribution is -2.63. The van der Waals surface area contributed by atoms with Crippen LogP contribution in [0.5, 0.6) is 0 Å². The first kappa shape index (κ1) is 15.9. The van der Waals surface area contributed by atoms with Crippen molar-refractivity contribution in [2.24, 2.45) is 17.7 Å². The Kier molecular flexibility index (Phi) is 6.09. The first-order valence-corrected chi connectivity index (χ1v) is 7.65. The van der Waals surface area contributed by atoms with Crippen molar-refractivity contribution in [3.05, 3.63) is 0 Å². The molecule has 0 saturated heterocycles. The molecule has 0 aliphatic heterocycles. The molecule has 1 unspecified atom stereocenters. The van der Waals surface area contributed by atoms with Gasteiger partial charge in [-0.15, -0.1) is 0 Å². The van der Waals surface area contributed by atoms with Gasteiger partial charge >= 0.3 is 0 Å². The van der Waals surface area contributed by atoms with Gasteiger partial charge in [-0.25, -0.2) is 0 Å². The molecule has 1 fully saturated rings. The van der Waals surface area contributed by atoms with Crippen molar-refractivity contribution in [1.29, 1.82) is 0 Å². The van der Waals surface area contributed by atoms with E-state index in [2.05, 4.69) is 45.2 Å². The van der Waals surface area contributed by atoms with E-state index in [1.165, 1.54) is 25.7 Å². The Balaban J connectivity index is 2.85. The summed E-state index contributed by atoms with van der Waals surface area (Å²) in [6, 6.07) is 0.412. The summed E-state index contributed by atoms with van der Waals surface area (Å²) >= 11 is 0. The van der Waals surface area contributed by atoms with Gasteiger partial charge in [0, 0.05) is 11.6 Å². The van der Waals surface area contributed by atoms with Crippen molar-refractivity contribution in [3.63, 3.8) is 0 Å². The Bertz CT molecular complexity index is 228. The Morgan fingerprint density at radius 2 is 1.67 bits per heavy atom. The maximum atomic E-state index is 5.94. The summed E-state index contributed by atoms with van der Waals surface area (Å²) in [5, 5.41) is 0. The highest BCUT2D eigenvalue weighted by Crippen LogP contribution is 2.37. The molecule has 3 N–H and O–H groups in total. The predicted octanol–water partition coefficient (Wildman–Crippen LogP) is 2.77. The predicted molar refractivity (Wildman–Crippen MR) is 79.2 cm³/mol. The Hall–Kier alpha value is -0.120. The third-order valence-electron chi connectivity index (χ3n) is 5.41. The summed E-state index contributed by atoms with van der Waals surface area (Å²) in [6.45, 7) is 6.96. The number of hydrazine groups is 1. The summed E-state index contributed by atoms with van der Waals surface area (Å²) in [4.78, 5) is 2.38. The zero-order valence-corrected chi connectivity index (χ0v) is 13.0. The summed E-state index contributed by atoms with van der Waals surface area (Å²) in [5.41, 5.74) is 3.36. The van der Waals surface area contributed by atoms with Crippen LogP contribution in [0.3, 0.4) is 0 Å². The van der Waals surface area contributed by atoms with Crippen LogP contribution in [0.1, 0.15) is 59.3 Å². The van der Waals surface area contributed by atoms with Crippen LogP contribution in [0.2, 0.25) is 0 Å². The standard InChI is InChI=1S/C15H33N3/c1-6-15(7-2,18(4)5)14(17-16)13-10-8-12(3)9-11-13/h12-14,17H,6-11,16H2,1-5H3. The quantitative estimate of drug-likeness (QED) is 0.566. The van der Waals surface area contributed by atoms with Gasteiger partial charge < -0.3 is 4.90 Å². The Morgan fingerprint density at radius 3 is 2.00 bits per heavy atom. The number of likely N-dealkylation sites (N-methyl/N-ethyl adjacent to an activating group) is 1. The third-order valence-corrected chi connectivity index (χ3v) is 5.41. The lowest BCUT2D eigenvalue weighted by molar-refractivity contribution is 0.0442. The molecular weight excluding hydrogens is 222 g/mol. The highest BCUT2D eigenvalue weighted by Gasteiger charge is 2.42. The third kappa shape index (κ3) is 3.06.